The van der Waals surface area contributed by atoms with Crippen molar-refractivity contribution in [3.8, 4) is 11.1 Å². The average Bonchev–Trinajstić information content (AvgIpc) is 3.21. The van der Waals surface area contributed by atoms with E-state index in [9.17, 15) is 0 Å². The van der Waals surface area contributed by atoms with Crippen LogP contribution in [0.25, 0.3) is 17.2 Å². The van der Waals surface area contributed by atoms with Crippen LogP contribution < -0.4 is 5.19 Å². The molecule has 0 heterocycles. The second-order valence-corrected chi connectivity index (χ2v) is 7.27. The highest BCUT2D eigenvalue weighted by molar-refractivity contribution is 6.48. The zero-order valence-corrected chi connectivity index (χ0v) is 14.2. The molecule has 1 atom stereocenters. The predicted octanol–water partition coefficient (Wildman–Crippen LogP) is 4.29. The van der Waals surface area contributed by atoms with E-state index in [4.69, 9.17) is 4.43 Å². The van der Waals surface area contributed by atoms with E-state index in [1.54, 1.807) is 0 Å². The third-order valence-corrected chi connectivity index (χ3v) is 5.96. The predicted molar refractivity (Wildman–Crippen MR) is 99.4 cm³/mol. The fourth-order valence-electron chi connectivity index (χ4n) is 3.70. The van der Waals surface area contributed by atoms with E-state index < -0.39 is 0 Å². The van der Waals surface area contributed by atoms with Crippen LogP contribution in [0.2, 0.25) is 0 Å². The Balaban J connectivity index is 1.42. The molecule has 0 spiro atoms. The minimum Gasteiger partial charge on any atom is -0.401 e. The summed E-state index contributed by atoms with van der Waals surface area (Å²) in [7, 11) is 0.369. The first-order valence-corrected chi connectivity index (χ1v) is 9.20. The van der Waals surface area contributed by atoms with Gasteiger partial charge in [-0.15, -0.1) is 0 Å². The fourth-order valence-corrected chi connectivity index (χ4v) is 4.67. The van der Waals surface area contributed by atoms with E-state index in [1.807, 2.05) is 0 Å². The van der Waals surface area contributed by atoms with Gasteiger partial charge in [0.25, 0.3) is 9.76 Å². The lowest BCUT2D eigenvalue weighted by Gasteiger charge is -2.13. The molecular formula is C22H16OSi. The van der Waals surface area contributed by atoms with Crippen molar-refractivity contribution in [2.45, 2.75) is 12.5 Å². The first-order valence-electron chi connectivity index (χ1n) is 8.29. The summed E-state index contributed by atoms with van der Waals surface area (Å²) in [5.41, 5.74) is 8.17. The lowest BCUT2D eigenvalue weighted by atomic mass is 10.1. The Labute approximate surface area is 144 Å². The van der Waals surface area contributed by atoms with Crippen LogP contribution in [-0.2, 0) is 10.8 Å². The van der Waals surface area contributed by atoms with Gasteiger partial charge >= 0.3 is 0 Å². The molecule has 0 aliphatic heterocycles. The lowest BCUT2D eigenvalue weighted by molar-refractivity contribution is 0.279. The molecule has 114 valence electrons. The number of rotatable bonds is 3. The van der Waals surface area contributed by atoms with Crippen LogP contribution in [0.5, 0.6) is 0 Å². The van der Waals surface area contributed by atoms with Gasteiger partial charge in [0.1, 0.15) is 0 Å². The van der Waals surface area contributed by atoms with Crippen molar-refractivity contribution in [3.63, 3.8) is 0 Å². The molecule has 0 saturated heterocycles. The Morgan fingerprint density at radius 3 is 2.67 bits per heavy atom. The van der Waals surface area contributed by atoms with Gasteiger partial charge in [0.05, 0.1) is 6.10 Å². The zero-order chi connectivity index (χ0) is 15.9. The summed E-state index contributed by atoms with van der Waals surface area (Å²) in [4.78, 5) is 0. The van der Waals surface area contributed by atoms with E-state index >= 15 is 0 Å². The molecule has 3 aromatic rings. The largest absolute Gasteiger partial charge is 0.401 e. The van der Waals surface area contributed by atoms with Crippen molar-refractivity contribution < 1.29 is 4.43 Å². The first-order chi connectivity index (χ1) is 11.9. The molecule has 0 bridgehead atoms. The molecular weight excluding hydrogens is 308 g/mol. The topological polar surface area (TPSA) is 9.23 Å². The van der Waals surface area contributed by atoms with Gasteiger partial charge in [-0.3, -0.25) is 0 Å². The standard InChI is InChI=1S/C22H16OSi/c1-4-9-18-15(6-1)12-13-21(18)23-24-22-11-5-10-19-17-8-3-2-7-16(17)14-20(19)22/h1-13,21H,14H2. The van der Waals surface area contributed by atoms with Gasteiger partial charge in [0, 0.05) is 0 Å². The summed E-state index contributed by atoms with van der Waals surface area (Å²) in [6.07, 6.45) is 5.43. The molecule has 1 nitrogen and oxygen atoms in total. The number of benzene rings is 3. The quantitative estimate of drug-likeness (QED) is 0.511. The van der Waals surface area contributed by atoms with Crippen molar-refractivity contribution in [1.82, 2.24) is 0 Å². The maximum Gasteiger partial charge on any atom is 0.270 e. The first kappa shape index (κ1) is 14.0. The maximum atomic E-state index is 6.28. The van der Waals surface area contributed by atoms with Crippen LogP contribution in [0.15, 0.2) is 72.8 Å². The van der Waals surface area contributed by atoms with E-state index in [2.05, 4.69) is 78.9 Å². The molecule has 0 aromatic heterocycles. The van der Waals surface area contributed by atoms with Gasteiger partial charge in [0.2, 0.25) is 0 Å². The normalized spacial score (nSPS) is 16.8. The second kappa shape index (κ2) is 5.59. The van der Waals surface area contributed by atoms with Crippen molar-refractivity contribution in [2.75, 3.05) is 0 Å². The molecule has 1 unspecified atom stereocenters. The van der Waals surface area contributed by atoms with Crippen molar-refractivity contribution >= 4 is 21.0 Å². The minimum atomic E-state index is 0.0826. The van der Waals surface area contributed by atoms with E-state index in [0.717, 1.165) is 6.42 Å². The van der Waals surface area contributed by atoms with E-state index in [0.29, 0.717) is 9.76 Å². The Bertz CT molecular complexity index is 958. The van der Waals surface area contributed by atoms with Gasteiger partial charge in [-0.05, 0) is 45.0 Å². The van der Waals surface area contributed by atoms with E-state index in [1.165, 1.54) is 38.6 Å². The molecule has 3 aromatic carbocycles. The highest BCUT2D eigenvalue weighted by Gasteiger charge is 2.23. The lowest BCUT2D eigenvalue weighted by Crippen LogP contribution is -2.23. The molecule has 2 radical (unpaired) electrons. The smallest absolute Gasteiger partial charge is 0.270 e. The SMILES string of the molecule is C1=CC(O[Si]c2cccc3c2Cc2ccccc2-3)c2ccccc21. The summed E-state index contributed by atoms with van der Waals surface area (Å²) >= 11 is 0. The van der Waals surface area contributed by atoms with Crippen LogP contribution in [0.3, 0.4) is 0 Å². The molecule has 0 N–H and O–H groups in total. The molecule has 0 amide bonds. The summed E-state index contributed by atoms with van der Waals surface area (Å²) in [5, 5.41) is 1.33. The van der Waals surface area contributed by atoms with Crippen molar-refractivity contribution in [3.05, 3.63) is 95.1 Å². The molecule has 2 aliphatic carbocycles. The molecule has 5 rings (SSSR count). The molecule has 2 aliphatic rings. The monoisotopic (exact) mass is 324 g/mol. The maximum absolute atomic E-state index is 6.28. The molecule has 0 fully saturated rings. The summed E-state index contributed by atoms with van der Waals surface area (Å²) < 4.78 is 6.28. The van der Waals surface area contributed by atoms with Gasteiger partial charge in [-0.25, -0.2) is 0 Å². The Morgan fingerprint density at radius 2 is 1.67 bits per heavy atom. The second-order valence-electron chi connectivity index (χ2n) is 6.29. The van der Waals surface area contributed by atoms with Gasteiger partial charge in [0.15, 0.2) is 0 Å². The number of hydrogen-bond acceptors (Lipinski definition) is 1. The van der Waals surface area contributed by atoms with Crippen LogP contribution in [0, 0.1) is 0 Å². The number of hydrogen-bond donors (Lipinski definition) is 0. The van der Waals surface area contributed by atoms with Crippen LogP contribution in [0.4, 0.5) is 0 Å². The Hall–Kier alpha value is -2.42. The van der Waals surface area contributed by atoms with Crippen LogP contribution in [-0.4, -0.2) is 9.76 Å². The Morgan fingerprint density at radius 1 is 0.833 bits per heavy atom. The van der Waals surface area contributed by atoms with Crippen molar-refractivity contribution in [1.29, 1.82) is 0 Å². The molecule has 2 heteroatoms. The van der Waals surface area contributed by atoms with Crippen molar-refractivity contribution in [2.24, 2.45) is 0 Å². The van der Waals surface area contributed by atoms with Gasteiger partial charge in [-0.1, -0.05) is 78.9 Å². The van der Waals surface area contributed by atoms with Gasteiger partial charge < -0.3 is 4.43 Å². The highest BCUT2D eigenvalue weighted by Crippen LogP contribution is 2.35. The summed E-state index contributed by atoms with van der Waals surface area (Å²) in [5.74, 6) is 0. The third-order valence-electron chi connectivity index (χ3n) is 4.90. The summed E-state index contributed by atoms with van der Waals surface area (Å²) in [6.45, 7) is 0. The third kappa shape index (κ3) is 2.19. The fraction of sp³-hybridized carbons (Fsp3) is 0.0909. The minimum absolute atomic E-state index is 0.0826. The molecule has 24 heavy (non-hydrogen) atoms. The average molecular weight is 324 g/mol. The number of fused-ring (bicyclic) bond motifs is 4. The summed E-state index contributed by atoms with van der Waals surface area (Å²) in [6, 6.07) is 23.8. The van der Waals surface area contributed by atoms with Gasteiger partial charge in [-0.2, -0.15) is 0 Å². The van der Waals surface area contributed by atoms with Crippen LogP contribution in [0.1, 0.15) is 28.4 Å². The zero-order valence-electron chi connectivity index (χ0n) is 13.2. The Kier molecular flexibility index (Phi) is 3.25. The van der Waals surface area contributed by atoms with Crippen LogP contribution >= 0.6 is 0 Å². The molecule has 0 saturated carbocycles. The van der Waals surface area contributed by atoms with E-state index in [-0.39, 0.29) is 6.10 Å². The highest BCUT2D eigenvalue weighted by atomic mass is 28.2.